The maximum absolute atomic E-state index is 12.1. The van der Waals surface area contributed by atoms with Gasteiger partial charge in [-0.2, -0.15) is 0 Å². The first-order valence-corrected chi connectivity index (χ1v) is 7.80. The van der Waals surface area contributed by atoms with Crippen molar-refractivity contribution < 1.29 is 8.42 Å². The van der Waals surface area contributed by atoms with Crippen molar-refractivity contribution >= 4 is 38.7 Å². The Labute approximate surface area is 112 Å². The fourth-order valence-corrected chi connectivity index (χ4v) is 4.03. The van der Waals surface area contributed by atoms with Gasteiger partial charge in [0.15, 0.2) is 9.84 Å². The topological polar surface area (TPSA) is 60.2 Å². The lowest BCUT2D eigenvalue weighted by atomic mass is 10.2. The van der Waals surface area contributed by atoms with Crippen LogP contribution in [0.5, 0.6) is 0 Å². The molecule has 0 amide bonds. The van der Waals surface area contributed by atoms with E-state index in [1.165, 1.54) is 0 Å². The number of anilines is 1. The Morgan fingerprint density at radius 3 is 2.53 bits per heavy atom. The number of sulfone groups is 1. The number of hydrogen-bond acceptors (Lipinski definition) is 3. The quantitative estimate of drug-likeness (QED) is 0.516. The third kappa shape index (κ3) is 3.50. The fraction of sp³-hybridized carbons (Fsp3) is 0.455. The molecule has 0 atom stereocenters. The Morgan fingerprint density at radius 1 is 1.29 bits per heavy atom. The fourth-order valence-electron chi connectivity index (χ4n) is 1.54. The second-order valence-electron chi connectivity index (χ2n) is 3.83. The molecule has 0 unspecified atom stereocenters. The van der Waals surface area contributed by atoms with E-state index in [2.05, 4.69) is 0 Å². The molecule has 0 saturated carbocycles. The first-order valence-electron chi connectivity index (χ1n) is 5.23. The molecule has 2 N–H and O–H groups in total. The van der Waals surface area contributed by atoms with Crippen LogP contribution < -0.4 is 5.73 Å². The summed E-state index contributed by atoms with van der Waals surface area (Å²) in [7, 11) is -3.39. The minimum atomic E-state index is -3.39. The molecule has 0 fully saturated rings. The normalized spacial score (nSPS) is 11.7. The molecule has 96 valence electrons. The monoisotopic (exact) mass is 295 g/mol. The molecule has 0 saturated heterocycles. The molecule has 1 aromatic carbocycles. The van der Waals surface area contributed by atoms with E-state index in [0.29, 0.717) is 24.3 Å². The van der Waals surface area contributed by atoms with E-state index in [4.69, 9.17) is 28.9 Å². The molecule has 0 aromatic heterocycles. The highest BCUT2D eigenvalue weighted by Gasteiger charge is 2.21. The predicted octanol–water partition coefficient (Wildman–Crippen LogP) is 3.02. The highest BCUT2D eigenvalue weighted by Crippen LogP contribution is 2.31. The molecule has 0 aliphatic rings. The van der Waals surface area contributed by atoms with Gasteiger partial charge in [0.05, 0.1) is 21.4 Å². The van der Waals surface area contributed by atoms with Gasteiger partial charge in [-0.3, -0.25) is 0 Å². The van der Waals surface area contributed by atoms with Crippen LogP contribution in [-0.2, 0) is 9.84 Å². The number of hydrogen-bond donors (Lipinski definition) is 1. The predicted molar refractivity (Wildman–Crippen MR) is 72.6 cm³/mol. The van der Waals surface area contributed by atoms with E-state index in [0.717, 1.165) is 0 Å². The summed E-state index contributed by atoms with van der Waals surface area (Å²) in [5.41, 5.74) is 6.53. The van der Waals surface area contributed by atoms with E-state index in [-0.39, 0.29) is 21.4 Å². The van der Waals surface area contributed by atoms with Crippen molar-refractivity contribution in [1.82, 2.24) is 0 Å². The second kappa shape index (κ2) is 5.94. The SMILES string of the molecule is Cc1ccc(N)c(Cl)c1S(=O)(=O)CCCCCl. The van der Waals surface area contributed by atoms with Crippen LogP contribution in [0.25, 0.3) is 0 Å². The van der Waals surface area contributed by atoms with Crippen molar-refractivity contribution in [2.45, 2.75) is 24.7 Å². The van der Waals surface area contributed by atoms with Crippen molar-refractivity contribution in [3.8, 4) is 0 Å². The lowest BCUT2D eigenvalue weighted by molar-refractivity contribution is 0.592. The van der Waals surface area contributed by atoms with Gasteiger partial charge in [-0.1, -0.05) is 17.7 Å². The number of nitrogen functional groups attached to an aromatic ring is 1. The standard InChI is InChI=1S/C11H15Cl2NO2S/c1-8-4-5-9(14)10(13)11(8)17(15,16)7-3-2-6-12/h4-5H,2-3,6-7,14H2,1H3. The van der Waals surface area contributed by atoms with Crippen LogP contribution >= 0.6 is 23.2 Å². The zero-order valence-electron chi connectivity index (χ0n) is 9.54. The number of alkyl halides is 1. The van der Waals surface area contributed by atoms with Crippen LogP contribution in [0.1, 0.15) is 18.4 Å². The van der Waals surface area contributed by atoms with Crippen molar-refractivity contribution in [3.05, 3.63) is 22.7 Å². The lowest BCUT2D eigenvalue weighted by Gasteiger charge is -2.11. The van der Waals surface area contributed by atoms with Gasteiger partial charge in [0.2, 0.25) is 0 Å². The summed E-state index contributed by atoms with van der Waals surface area (Å²) in [6.45, 7) is 1.71. The van der Waals surface area contributed by atoms with Crippen LogP contribution in [0.4, 0.5) is 5.69 Å². The highest BCUT2D eigenvalue weighted by atomic mass is 35.5. The zero-order chi connectivity index (χ0) is 13.1. The molecule has 0 aliphatic heterocycles. The van der Waals surface area contributed by atoms with Crippen molar-refractivity contribution in [1.29, 1.82) is 0 Å². The van der Waals surface area contributed by atoms with E-state index >= 15 is 0 Å². The van der Waals surface area contributed by atoms with Crippen molar-refractivity contribution in [2.75, 3.05) is 17.4 Å². The highest BCUT2D eigenvalue weighted by molar-refractivity contribution is 7.91. The third-order valence-corrected chi connectivity index (χ3v) is 5.19. The Hall–Kier alpha value is -0.450. The number of unbranched alkanes of at least 4 members (excludes halogenated alkanes) is 1. The van der Waals surface area contributed by atoms with Crippen LogP contribution in [0.3, 0.4) is 0 Å². The summed E-state index contributed by atoms with van der Waals surface area (Å²) >= 11 is 11.5. The minimum absolute atomic E-state index is 0.0454. The van der Waals surface area contributed by atoms with Gasteiger partial charge < -0.3 is 5.73 Å². The van der Waals surface area contributed by atoms with E-state index < -0.39 is 9.84 Å². The van der Waals surface area contributed by atoms with Crippen LogP contribution in [0, 0.1) is 6.92 Å². The summed E-state index contributed by atoms with van der Waals surface area (Å²) < 4.78 is 24.2. The van der Waals surface area contributed by atoms with Crippen LogP contribution in [0.2, 0.25) is 5.02 Å². The Balaban J connectivity index is 3.11. The van der Waals surface area contributed by atoms with Gasteiger partial charge in [-0.15, -0.1) is 11.6 Å². The lowest BCUT2D eigenvalue weighted by Crippen LogP contribution is -2.10. The van der Waals surface area contributed by atoms with Gasteiger partial charge in [-0.05, 0) is 31.4 Å². The molecule has 1 aromatic rings. The maximum Gasteiger partial charge on any atom is 0.180 e. The molecular weight excluding hydrogens is 281 g/mol. The molecule has 0 bridgehead atoms. The van der Waals surface area contributed by atoms with E-state index in [1.807, 2.05) is 0 Å². The zero-order valence-corrected chi connectivity index (χ0v) is 11.9. The summed E-state index contributed by atoms with van der Waals surface area (Å²) in [6, 6.07) is 3.27. The average molecular weight is 296 g/mol. The summed E-state index contributed by atoms with van der Waals surface area (Å²) in [6.07, 6.45) is 1.19. The van der Waals surface area contributed by atoms with Gasteiger partial charge in [0, 0.05) is 5.88 Å². The molecule has 6 heteroatoms. The van der Waals surface area contributed by atoms with Gasteiger partial charge in [-0.25, -0.2) is 8.42 Å². The van der Waals surface area contributed by atoms with Gasteiger partial charge in [0.1, 0.15) is 0 Å². The third-order valence-electron chi connectivity index (χ3n) is 2.43. The first-order chi connectivity index (χ1) is 7.90. The van der Waals surface area contributed by atoms with Gasteiger partial charge >= 0.3 is 0 Å². The number of benzene rings is 1. The minimum Gasteiger partial charge on any atom is -0.397 e. The van der Waals surface area contributed by atoms with Crippen LogP contribution in [0.15, 0.2) is 17.0 Å². The average Bonchev–Trinajstić information content (AvgIpc) is 2.24. The molecule has 0 aliphatic carbocycles. The molecular formula is C11H15Cl2NO2S. The summed E-state index contributed by atoms with van der Waals surface area (Å²) in [5, 5.41) is 0.121. The molecule has 17 heavy (non-hydrogen) atoms. The number of rotatable bonds is 5. The molecule has 1 rings (SSSR count). The Bertz CT molecular complexity index is 500. The Morgan fingerprint density at radius 2 is 1.94 bits per heavy atom. The van der Waals surface area contributed by atoms with Crippen molar-refractivity contribution in [3.63, 3.8) is 0 Å². The molecule has 0 spiro atoms. The summed E-state index contributed by atoms with van der Waals surface area (Å²) in [5.74, 6) is 0.503. The molecule has 0 heterocycles. The largest absolute Gasteiger partial charge is 0.397 e. The van der Waals surface area contributed by atoms with Gasteiger partial charge in [0.25, 0.3) is 0 Å². The van der Waals surface area contributed by atoms with Crippen LogP contribution in [-0.4, -0.2) is 20.1 Å². The molecule has 0 radical (unpaired) electrons. The van der Waals surface area contributed by atoms with E-state index in [1.54, 1.807) is 19.1 Å². The smallest absolute Gasteiger partial charge is 0.180 e. The molecule has 3 nitrogen and oxygen atoms in total. The number of nitrogens with two attached hydrogens (primary N) is 1. The second-order valence-corrected chi connectivity index (χ2v) is 6.63. The number of halogens is 2. The maximum atomic E-state index is 12.1. The van der Waals surface area contributed by atoms with E-state index in [9.17, 15) is 8.42 Å². The van der Waals surface area contributed by atoms with Crippen molar-refractivity contribution in [2.24, 2.45) is 0 Å². The first kappa shape index (κ1) is 14.6. The number of aryl methyl sites for hydroxylation is 1. The Kier molecular flexibility index (Phi) is 5.10. The summed E-state index contributed by atoms with van der Waals surface area (Å²) in [4.78, 5) is 0.147.